The molecule has 1 fully saturated rings. The standard InChI is InChI=1S/C23H26N2O5/c1-16(22(27)25-18-7-5-6-8-18)29-21(26)15-24-23(28)17-11-13-20(14-12-17)30-19-9-3-2-4-10-19/h2-4,9-14,16,18H,5-8,15H2,1H3,(H,24,28)(H,25,27)/t16-/m1/s1. The summed E-state index contributed by atoms with van der Waals surface area (Å²) >= 11 is 0. The SMILES string of the molecule is C[C@@H](OC(=O)CNC(=O)c1ccc(Oc2ccccc2)cc1)C(=O)NC1CCCC1. The van der Waals surface area contributed by atoms with Crippen molar-refractivity contribution >= 4 is 17.8 Å². The fourth-order valence-corrected chi connectivity index (χ4v) is 3.23. The zero-order valence-electron chi connectivity index (χ0n) is 16.9. The summed E-state index contributed by atoms with van der Waals surface area (Å²) in [7, 11) is 0. The lowest BCUT2D eigenvalue weighted by Gasteiger charge is -2.17. The normalized spacial score (nSPS) is 14.6. The number of benzene rings is 2. The molecule has 0 heterocycles. The Bertz CT molecular complexity index is 861. The highest BCUT2D eigenvalue weighted by Crippen LogP contribution is 2.21. The lowest BCUT2D eigenvalue weighted by molar-refractivity contribution is -0.154. The number of para-hydroxylation sites is 1. The van der Waals surface area contributed by atoms with Crippen LogP contribution in [0, 0.1) is 0 Å². The van der Waals surface area contributed by atoms with Gasteiger partial charge in [0.05, 0.1) is 0 Å². The Kier molecular flexibility index (Phi) is 7.43. The molecular formula is C23H26N2O5. The summed E-state index contributed by atoms with van der Waals surface area (Å²) in [4.78, 5) is 36.3. The van der Waals surface area contributed by atoms with Crippen LogP contribution in [0.5, 0.6) is 11.5 Å². The number of hydrogen-bond acceptors (Lipinski definition) is 5. The number of amides is 2. The van der Waals surface area contributed by atoms with Gasteiger partial charge in [-0.05, 0) is 56.2 Å². The van der Waals surface area contributed by atoms with Crippen LogP contribution in [0.2, 0.25) is 0 Å². The average Bonchev–Trinajstić information content (AvgIpc) is 3.26. The lowest BCUT2D eigenvalue weighted by Crippen LogP contribution is -2.42. The number of carbonyl (C=O) groups excluding carboxylic acids is 3. The van der Waals surface area contributed by atoms with Crippen LogP contribution in [0.15, 0.2) is 54.6 Å². The van der Waals surface area contributed by atoms with Crippen LogP contribution in [0.25, 0.3) is 0 Å². The maximum Gasteiger partial charge on any atom is 0.326 e. The van der Waals surface area contributed by atoms with E-state index in [1.165, 1.54) is 6.92 Å². The number of rotatable bonds is 8. The van der Waals surface area contributed by atoms with Crippen molar-refractivity contribution in [3.8, 4) is 11.5 Å². The maximum atomic E-state index is 12.2. The predicted octanol–water partition coefficient (Wildman–Crippen LogP) is 3.20. The number of ether oxygens (including phenoxy) is 2. The van der Waals surface area contributed by atoms with Crippen LogP contribution in [0.4, 0.5) is 0 Å². The highest BCUT2D eigenvalue weighted by atomic mass is 16.5. The molecule has 2 aromatic rings. The van der Waals surface area contributed by atoms with E-state index in [1.807, 2.05) is 30.3 Å². The molecule has 0 unspecified atom stereocenters. The second-order valence-corrected chi connectivity index (χ2v) is 7.24. The summed E-state index contributed by atoms with van der Waals surface area (Å²) in [6, 6.07) is 16.0. The van der Waals surface area contributed by atoms with Crippen molar-refractivity contribution in [2.75, 3.05) is 6.54 Å². The van der Waals surface area contributed by atoms with E-state index in [4.69, 9.17) is 9.47 Å². The van der Waals surface area contributed by atoms with E-state index in [2.05, 4.69) is 10.6 Å². The van der Waals surface area contributed by atoms with Crippen molar-refractivity contribution in [2.45, 2.75) is 44.8 Å². The van der Waals surface area contributed by atoms with Gasteiger partial charge in [0.1, 0.15) is 18.0 Å². The summed E-state index contributed by atoms with van der Waals surface area (Å²) in [6.07, 6.45) is 3.22. The zero-order valence-corrected chi connectivity index (χ0v) is 16.9. The molecule has 158 valence electrons. The van der Waals surface area contributed by atoms with E-state index < -0.39 is 18.0 Å². The van der Waals surface area contributed by atoms with E-state index in [9.17, 15) is 14.4 Å². The van der Waals surface area contributed by atoms with Gasteiger partial charge in [-0.2, -0.15) is 0 Å². The van der Waals surface area contributed by atoms with Gasteiger partial charge in [0, 0.05) is 11.6 Å². The molecule has 1 aliphatic carbocycles. The zero-order chi connectivity index (χ0) is 21.3. The quantitative estimate of drug-likeness (QED) is 0.652. The highest BCUT2D eigenvalue weighted by molar-refractivity contribution is 5.96. The van der Waals surface area contributed by atoms with E-state index >= 15 is 0 Å². The fourth-order valence-electron chi connectivity index (χ4n) is 3.23. The van der Waals surface area contributed by atoms with Crippen molar-refractivity contribution in [1.82, 2.24) is 10.6 Å². The molecule has 1 saturated carbocycles. The van der Waals surface area contributed by atoms with Crippen LogP contribution in [-0.4, -0.2) is 36.5 Å². The number of nitrogens with one attached hydrogen (secondary N) is 2. The molecule has 2 amide bonds. The molecule has 1 aliphatic rings. The Hall–Kier alpha value is -3.35. The van der Waals surface area contributed by atoms with Gasteiger partial charge >= 0.3 is 5.97 Å². The molecule has 3 rings (SSSR count). The van der Waals surface area contributed by atoms with Crippen molar-refractivity contribution in [3.05, 3.63) is 60.2 Å². The van der Waals surface area contributed by atoms with E-state index in [1.54, 1.807) is 24.3 Å². The molecule has 1 atom stereocenters. The summed E-state index contributed by atoms with van der Waals surface area (Å²) in [5.74, 6) is -0.0962. The van der Waals surface area contributed by atoms with E-state index in [0.717, 1.165) is 25.7 Å². The van der Waals surface area contributed by atoms with Gasteiger partial charge in [-0.3, -0.25) is 14.4 Å². The molecule has 0 bridgehead atoms. The molecular weight excluding hydrogens is 384 g/mol. The molecule has 2 N–H and O–H groups in total. The van der Waals surface area contributed by atoms with Gasteiger partial charge < -0.3 is 20.1 Å². The van der Waals surface area contributed by atoms with Crippen molar-refractivity contribution in [2.24, 2.45) is 0 Å². The van der Waals surface area contributed by atoms with Gasteiger partial charge in [-0.1, -0.05) is 31.0 Å². The van der Waals surface area contributed by atoms with E-state index in [-0.39, 0.29) is 18.5 Å². The second-order valence-electron chi connectivity index (χ2n) is 7.24. The van der Waals surface area contributed by atoms with Gasteiger partial charge in [0.2, 0.25) is 0 Å². The summed E-state index contributed by atoms with van der Waals surface area (Å²) in [5, 5.41) is 5.38. The lowest BCUT2D eigenvalue weighted by atomic mass is 10.2. The van der Waals surface area contributed by atoms with Gasteiger partial charge in [0.15, 0.2) is 6.10 Å². The second kappa shape index (κ2) is 10.4. The summed E-state index contributed by atoms with van der Waals surface area (Å²) in [5.41, 5.74) is 0.384. The van der Waals surface area contributed by atoms with Crippen molar-refractivity contribution in [1.29, 1.82) is 0 Å². The minimum absolute atomic E-state index is 0.159. The molecule has 30 heavy (non-hydrogen) atoms. The topological polar surface area (TPSA) is 93.7 Å². The third kappa shape index (κ3) is 6.34. The number of hydrogen-bond donors (Lipinski definition) is 2. The summed E-state index contributed by atoms with van der Waals surface area (Å²) < 4.78 is 10.8. The minimum atomic E-state index is -0.899. The molecule has 2 aromatic carbocycles. The first-order valence-corrected chi connectivity index (χ1v) is 10.1. The Morgan fingerprint density at radius 1 is 0.967 bits per heavy atom. The Morgan fingerprint density at radius 2 is 1.60 bits per heavy atom. The molecule has 7 heteroatoms. The monoisotopic (exact) mass is 410 g/mol. The van der Waals surface area contributed by atoms with Gasteiger partial charge in [-0.25, -0.2) is 0 Å². The van der Waals surface area contributed by atoms with Crippen LogP contribution in [0.3, 0.4) is 0 Å². The number of esters is 1. The average molecular weight is 410 g/mol. The van der Waals surface area contributed by atoms with E-state index in [0.29, 0.717) is 17.1 Å². The Labute approximate surface area is 175 Å². The first-order chi connectivity index (χ1) is 14.5. The minimum Gasteiger partial charge on any atom is -0.457 e. The van der Waals surface area contributed by atoms with Gasteiger partial charge in [0.25, 0.3) is 11.8 Å². The largest absolute Gasteiger partial charge is 0.457 e. The first kappa shape index (κ1) is 21.4. The van der Waals surface area contributed by atoms with Crippen LogP contribution in [0.1, 0.15) is 43.0 Å². The van der Waals surface area contributed by atoms with Crippen LogP contribution in [-0.2, 0) is 14.3 Å². The highest BCUT2D eigenvalue weighted by Gasteiger charge is 2.23. The molecule has 0 aliphatic heterocycles. The first-order valence-electron chi connectivity index (χ1n) is 10.1. The molecule has 0 radical (unpaired) electrons. The smallest absolute Gasteiger partial charge is 0.326 e. The summed E-state index contributed by atoms with van der Waals surface area (Å²) in [6.45, 7) is 1.21. The third-order valence-corrected chi connectivity index (χ3v) is 4.87. The maximum absolute atomic E-state index is 12.2. The van der Waals surface area contributed by atoms with Crippen molar-refractivity contribution in [3.63, 3.8) is 0 Å². The number of carbonyl (C=O) groups is 3. The van der Waals surface area contributed by atoms with Gasteiger partial charge in [-0.15, -0.1) is 0 Å². The van der Waals surface area contributed by atoms with Crippen molar-refractivity contribution < 1.29 is 23.9 Å². The molecule has 0 aromatic heterocycles. The molecule has 0 spiro atoms. The Morgan fingerprint density at radius 3 is 2.27 bits per heavy atom. The molecule has 7 nitrogen and oxygen atoms in total. The van der Waals surface area contributed by atoms with Crippen LogP contribution >= 0.6 is 0 Å². The third-order valence-electron chi connectivity index (χ3n) is 4.87. The Balaban J connectivity index is 1.41. The fraction of sp³-hybridized carbons (Fsp3) is 0.348. The van der Waals surface area contributed by atoms with Crippen LogP contribution < -0.4 is 15.4 Å². The predicted molar refractivity (Wildman–Crippen MR) is 111 cm³/mol. The molecule has 0 saturated heterocycles.